The van der Waals surface area contributed by atoms with Crippen molar-refractivity contribution in [2.45, 2.75) is 38.6 Å². The van der Waals surface area contributed by atoms with Gasteiger partial charge in [-0.3, -0.25) is 9.59 Å². The van der Waals surface area contributed by atoms with Crippen molar-refractivity contribution in [1.29, 1.82) is 0 Å². The third-order valence-electron chi connectivity index (χ3n) is 5.44. The molecule has 1 aromatic carbocycles. The Morgan fingerprint density at radius 1 is 1.17 bits per heavy atom. The molecule has 1 fully saturated rings. The highest BCUT2D eigenvalue weighted by molar-refractivity contribution is 6.01. The highest BCUT2D eigenvalue weighted by atomic mass is 16.2. The van der Waals surface area contributed by atoms with E-state index in [0.717, 1.165) is 36.5 Å². The molecule has 1 saturated heterocycles. The molecule has 0 radical (unpaired) electrons. The summed E-state index contributed by atoms with van der Waals surface area (Å²) in [5, 5.41) is 5.86. The van der Waals surface area contributed by atoms with Crippen LogP contribution in [-0.2, 0) is 4.79 Å². The zero-order valence-electron chi connectivity index (χ0n) is 17.2. The van der Waals surface area contributed by atoms with Crippen LogP contribution in [0.4, 0.5) is 11.4 Å². The fourth-order valence-corrected chi connectivity index (χ4v) is 3.84. The van der Waals surface area contributed by atoms with E-state index in [1.165, 1.54) is 12.8 Å². The molecule has 2 N–H and O–H groups in total. The van der Waals surface area contributed by atoms with Gasteiger partial charge in [0.25, 0.3) is 5.91 Å². The van der Waals surface area contributed by atoms with Crippen molar-refractivity contribution in [3.05, 3.63) is 60.6 Å². The summed E-state index contributed by atoms with van der Waals surface area (Å²) in [6.07, 6.45) is 8.94. The number of aromatic nitrogens is 2. The molecule has 0 bridgehead atoms. The summed E-state index contributed by atoms with van der Waals surface area (Å²) in [5.74, 6) is -0.475. The zero-order valence-corrected chi connectivity index (χ0v) is 17.2. The van der Waals surface area contributed by atoms with Crippen LogP contribution < -0.4 is 15.5 Å². The predicted molar refractivity (Wildman–Crippen MR) is 118 cm³/mol. The van der Waals surface area contributed by atoms with Crippen molar-refractivity contribution in [2.24, 2.45) is 0 Å². The highest BCUT2D eigenvalue weighted by Gasteiger charge is 2.21. The van der Waals surface area contributed by atoms with Gasteiger partial charge in [-0.1, -0.05) is 19.4 Å². The topological polar surface area (TPSA) is 78.7 Å². The number of pyridine rings is 1. The number of amides is 2. The van der Waals surface area contributed by atoms with Gasteiger partial charge in [0.2, 0.25) is 5.91 Å². The smallest absolute Gasteiger partial charge is 0.253 e. The van der Waals surface area contributed by atoms with E-state index in [0.29, 0.717) is 12.0 Å². The second-order valence-electron chi connectivity index (χ2n) is 7.66. The molecule has 1 aliphatic rings. The van der Waals surface area contributed by atoms with Crippen LogP contribution in [0.15, 0.2) is 55.0 Å². The first kappa shape index (κ1) is 19.9. The zero-order chi connectivity index (χ0) is 20.9. The Morgan fingerprint density at radius 2 is 2.00 bits per heavy atom. The number of rotatable bonds is 7. The number of nitrogens with one attached hydrogen (secondary N) is 2. The molecule has 1 unspecified atom stereocenters. The largest absolute Gasteiger partial charge is 0.371 e. The van der Waals surface area contributed by atoms with Gasteiger partial charge in [-0.05, 0) is 49.6 Å². The minimum absolute atomic E-state index is 0.201. The Morgan fingerprint density at radius 3 is 2.80 bits per heavy atom. The summed E-state index contributed by atoms with van der Waals surface area (Å²) < 4.78 is 1.79. The van der Waals surface area contributed by atoms with E-state index in [4.69, 9.17) is 0 Å². The minimum atomic E-state index is -0.601. The van der Waals surface area contributed by atoms with Crippen molar-refractivity contribution in [3.63, 3.8) is 0 Å². The Balaban J connectivity index is 1.44. The quantitative estimate of drug-likeness (QED) is 0.631. The van der Waals surface area contributed by atoms with E-state index < -0.39 is 6.04 Å². The number of imidazole rings is 1. The lowest BCUT2D eigenvalue weighted by Crippen LogP contribution is -2.43. The maximum absolute atomic E-state index is 12.9. The summed E-state index contributed by atoms with van der Waals surface area (Å²) in [6.45, 7) is 4.10. The van der Waals surface area contributed by atoms with Gasteiger partial charge >= 0.3 is 0 Å². The average molecular weight is 406 g/mol. The van der Waals surface area contributed by atoms with E-state index in [-0.39, 0.29) is 11.8 Å². The van der Waals surface area contributed by atoms with Crippen molar-refractivity contribution in [1.82, 2.24) is 14.7 Å². The van der Waals surface area contributed by atoms with Crippen LogP contribution in [0.3, 0.4) is 0 Å². The lowest BCUT2D eigenvalue weighted by atomic mass is 10.1. The van der Waals surface area contributed by atoms with Crippen LogP contribution >= 0.6 is 0 Å². The van der Waals surface area contributed by atoms with E-state index in [9.17, 15) is 9.59 Å². The summed E-state index contributed by atoms with van der Waals surface area (Å²) in [5.41, 5.74) is 3.13. The molecule has 0 aliphatic carbocycles. The van der Waals surface area contributed by atoms with E-state index >= 15 is 0 Å². The molecule has 156 valence electrons. The third-order valence-corrected chi connectivity index (χ3v) is 5.44. The van der Waals surface area contributed by atoms with Gasteiger partial charge in [0.05, 0.1) is 5.56 Å². The summed E-state index contributed by atoms with van der Waals surface area (Å²) >= 11 is 0. The highest BCUT2D eigenvalue weighted by Crippen LogP contribution is 2.23. The molecular formula is C23H27N5O2. The predicted octanol–water partition coefficient (Wildman–Crippen LogP) is 3.47. The molecule has 3 heterocycles. The number of carbonyl (C=O) groups excluding carboxylic acids is 2. The van der Waals surface area contributed by atoms with Gasteiger partial charge in [0.15, 0.2) is 0 Å². The first-order valence-corrected chi connectivity index (χ1v) is 10.5. The molecule has 1 aliphatic heterocycles. The molecule has 1 atom stereocenters. The maximum Gasteiger partial charge on any atom is 0.253 e. The molecule has 0 spiro atoms. The van der Waals surface area contributed by atoms with Crippen molar-refractivity contribution in [2.75, 3.05) is 23.3 Å². The maximum atomic E-state index is 12.9. The van der Waals surface area contributed by atoms with Crippen LogP contribution in [0.1, 0.15) is 43.0 Å². The van der Waals surface area contributed by atoms with Gasteiger partial charge in [0, 0.05) is 43.1 Å². The van der Waals surface area contributed by atoms with Crippen molar-refractivity contribution in [3.8, 4) is 0 Å². The van der Waals surface area contributed by atoms with Gasteiger partial charge in [-0.2, -0.15) is 0 Å². The number of anilines is 2. The molecule has 7 heteroatoms. The summed E-state index contributed by atoms with van der Waals surface area (Å²) in [6, 6.07) is 10.8. The number of benzene rings is 1. The number of carbonyl (C=O) groups is 2. The van der Waals surface area contributed by atoms with E-state index in [1.54, 1.807) is 35.1 Å². The molecule has 7 nitrogen and oxygen atoms in total. The summed E-state index contributed by atoms with van der Waals surface area (Å²) in [7, 11) is 0. The summed E-state index contributed by atoms with van der Waals surface area (Å²) in [4.78, 5) is 32.2. The molecule has 0 saturated carbocycles. The average Bonchev–Trinajstić information content (AvgIpc) is 3.45. The minimum Gasteiger partial charge on any atom is -0.371 e. The van der Waals surface area contributed by atoms with Gasteiger partial charge in [0.1, 0.15) is 11.7 Å². The normalized spacial score (nSPS) is 14.6. The molecule has 4 rings (SSSR count). The van der Waals surface area contributed by atoms with E-state index in [1.807, 2.05) is 25.1 Å². The number of hydrogen-bond donors (Lipinski definition) is 2. The number of nitrogens with zero attached hydrogens (tertiary/aromatic N) is 3. The van der Waals surface area contributed by atoms with Crippen molar-refractivity contribution >= 4 is 28.8 Å². The molecule has 2 aromatic heterocycles. The molecule has 3 aromatic rings. The monoisotopic (exact) mass is 405 g/mol. The molecule has 30 heavy (non-hydrogen) atoms. The standard InChI is InChI=1S/C23H27N5O2/c1-2-6-20(26-22(29)17-9-10-21-24-11-14-28(21)16-17)23(30)25-18-7-5-8-19(15-18)27-12-3-4-13-27/h5,7-11,14-16,20H,2-4,6,12-13H2,1H3,(H,25,30)(H,26,29). The van der Waals surface area contributed by atoms with Crippen LogP contribution in [0.5, 0.6) is 0 Å². The second-order valence-corrected chi connectivity index (χ2v) is 7.66. The van der Waals surface area contributed by atoms with Gasteiger partial charge < -0.3 is 19.9 Å². The Labute approximate surface area is 176 Å². The Bertz CT molecular complexity index is 1040. The second kappa shape index (κ2) is 8.98. The number of fused-ring (bicyclic) bond motifs is 1. The SMILES string of the molecule is CCCC(NC(=O)c1ccc2nccn2c1)C(=O)Nc1cccc(N2CCCC2)c1. The molecular weight excluding hydrogens is 378 g/mol. The fourth-order valence-electron chi connectivity index (χ4n) is 3.84. The van der Waals surface area contributed by atoms with Crippen LogP contribution in [-0.4, -0.2) is 40.3 Å². The fraction of sp³-hybridized carbons (Fsp3) is 0.348. The van der Waals surface area contributed by atoms with Crippen molar-refractivity contribution < 1.29 is 9.59 Å². The third kappa shape index (κ3) is 4.45. The van der Waals surface area contributed by atoms with Crippen LogP contribution in [0.25, 0.3) is 5.65 Å². The van der Waals surface area contributed by atoms with Crippen LogP contribution in [0.2, 0.25) is 0 Å². The Kier molecular flexibility index (Phi) is 5.97. The van der Waals surface area contributed by atoms with Gasteiger partial charge in [-0.15, -0.1) is 0 Å². The van der Waals surface area contributed by atoms with Gasteiger partial charge in [-0.25, -0.2) is 4.98 Å². The number of hydrogen-bond acceptors (Lipinski definition) is 4. The lowest BCUT2D eigenvalue weighted by molar-refractivity contribution is -0.118. The van der Waals surface area contributed by atoms with Crippen LogP contribution in [0, 0.1) is 0 Å². The van der Waals surface area contributed by atoms with E-state index in [2.05, 4.69) is 26.6 Å². The molecule has 2 amide bonds. The first-order chi connectivity index (χ1) is 14.6. The Hall–Kier alpha value is -3.35. The first-order valence-electron chi connectivity index (χ1n) is 10.5. The lowest BCUT2D eigenvalue weighted by Gasteiger charge is -2.20.